The molecule has 0 atom stereocenters. The second-order valence-corrected chi connectivity index (χ2v) is 22.2. The second-order valence-electron chi connectivity index (χ2n) is 7.41. The molecule has 0 unspecified atom stereocenters. The fourth-order valence-corrected chi connectivity index (χ4v) is 10.5. The van der Waals surface area contributed by atoms with E-state index < -0.39 is 23.4 Å². The molecule has 16 heavy (non-hydrogen) atoms. The summed E-state index contributed by atoms with van der Waals surface area (Å²) in [6.45, 7) is 13.1. The van der Waals surface area contributed by atoms with E-state index >= 15 is 0 Å². The van der Waals surface area contributed by atoms with Crippen molar-refractivity contribution in [1.82, 2.24) is 0 Å². The van der Waals surface area contributed by atoms with Gasteiger partial charge in [0.2, 0.25) is 0 Å². The van der Waals surface area contributed by atoms with E-state index in [4.69, 9.17) is 0 Å². The molecule has 0 saturated carbocycles. The summed E-state index contributed by atoms with van der Waals surface area (Å²) in [6, 6.07) is 1.56. The van der Waals surface area contributed by atoms with Gasteiger partial charge in [-0.3, -0.25) is 0 Å². The molecular weight excluding hydrogens is 255 g/mol. The molecule has 3 nitrogen and oxygen atoms in total. The van der Waals surface area contributed by atoms with E-state index in [2.05, 4.69) is 39.3 Å². The van der Waals surface area contributed by atoms with Gasteiger partial charge < -0.3 is 0 Å². The third-order valence-corrected chi connectivity index (χ3v) is 9.26. The Hall–Kier alpha value is 0.744. The molecule has 3 N–H and O–H groups in total. The van der Waals surface area contributed by atoms with E-state index in [1.165, 1.54) is 0 Å². The minimum atomic E-state index is -4.32. The molecule has 0 rings (SSSR count). The fraction of sp³-hybridized carbons (Fsp3) is 1.00. The molecule has 0 radical (unpaired) electrons. The van der Waals surface area contributed by atoms with E-state index in [0.29, 0.717) is 0 Å². The maximum atomic E-state index is 9.99. The average molecular weight is 284 g/mol. The average Bonchev–Trinajstić information content (AvgIpc) is 1.96. The van der Waals surface area contributed by atoms with Crippen LogP contribution in [0.5, 0.6) is 0 Å². The van der Waals surface area contributed by atoms with E-state index in [1.807, 2.05) is 0 Å². The van der Waals surface area contributed by atoms with Crippen LogP contribution in [0.25, 0.3) is 0 Å². The summed E-state index contributed by atoms with van der Waals surface area (Å²) < 4.78 is 0. The van der Waals surface area contributed by atoms with Crippen LogP contribution in [0, 0.1) is 0 Å². The maximum absolute atomic E-state index is 9.99. The molecule has 6 heteroatoms. The van der Waals surface area contributed by atoms with Gasteiger partial charge in [-0.1, -0.05) is 0 Å². The van der Waals surface area contributed by atoms with E-state index in [1.54, 1.807) is 0 Å². The predicted octanol–water partition coefficient (Wildman–Crippen LogP) is 2.94. The molecule has 0 aliphatic heterocycles. The molecule has 100 valence electrons. The van der Waals surface area contributed by atoms with Crippen LogP contribution in [-0.4, -0.2) is 43.2 Å². The van der Waals surface area contributed by atoms with Gasteiger partial charge in [-0.05, 0) is 0 Å². The van der Waals surface area contributed by atoms with Gasteiger partial charge in [0.25, 0.3) is 0 Å². The Balaban J connectivity index is 4.36. The van der Waals surface area contributed by atoms with Crippen molar-refractivity contribution in [3.05, 3.63) is 0 Å². The summed E-state index contributed by atoms with van der Waals surface area (Å²) in [5.74, 6) is 0. The van der Waals surface area contributed by atoms with Crippen LogP contribution in [0.3, 0.4) is 0 Å². The zero-order valence-electron chi connectivity index (χ0n) is 11.6. The Morgan fingerprint density at radius 2 is 0.938 bits per heavy atom. The monoisotopic (exact) mass is 284 g/mol. The third kappa shape index (κ3) is 9.93. The van der Waals surface area contributed by atoms with Gasteiger partial charge in [-0.25, -0.2) is 0 Å². The second kappa shape index (κ2) is 4.78. The number of hydrogen-bond acceptors (Lipinski definition) is 3. The standard InChI is InChI=1S/C10H29O3PSi2/c1-15(2,3)9-7-14(11,12,13)8-10-16(4,5)6/h11-13H,7-10H2,1-6H3. The zero-order valence-corrected chi connectivity index (χ0v) is 14.5. The molecule has 0 aliphatic rings. The number of hydrogen-bond donors (Lipinski definition) is 3. The van der Waals surface area contributed by atoms with Crippen molar-refractivity contribution in [2.24, 2.45) is 0 Å². The molecule has 0 aromatic carbocycles. The zero-order chi connectivity index (χ0) is 13.3. The predicted molar refractivity (Wildman–Crippen MR) is 79.6 cm³/mol. The molecule has 0 aromatic rings. The van der Waals surface area contributed by atoms with E-state index in [-0.39, 0.29) is 12.3 Å². The van der Waals surface area contributed by atoms with Crippen LogP contribution in [0.15, 0.2) is 0 Å². The summed E-state index contributed by atoms with van der Waals surface area (Å²) in [6.07, 6.45) is 0.400. The topological polar surface area (TPSA) is 60.7 Å². The van der Waals surface area contributed by atoms with Crippen LogP contribution in [0.2, 0.25) is 51.4 Å². The summed E-state index contributed by atoms with van der Waals surface area (Å²) in [5, 5.41) is 0. The molecule has 0 heterocycles. The Labute approximate surface area is 102 Å². The van der Waals surface area contributed by atoms with Crippen molar-refractivity contribution < 1.29 is 14.7 Å². The first-order valence-corrected chi connectivity index (χ1v) is 15.8. The van der Waals surface area contributed by atoms with Crippen LogP contribution in [0.4, 0.5) is 0 Å². The van der Waals surface area contributed by atoms with Gasteiger partial charge in [0.1, 0.15) is 0 Å². The van der Waals surface area contributed by atoms with Crippen LogP contribution >= 0.6 is 7.28 Å². The normalized spacial score (nSPS) is 16.9. The van der Waals surface area contributed by atoms with Crippen LogP contribution in [-0.2, 0) is 0 Å². The molecule has 0 saturated heterocycles. The molecular formula is C10H29O3PSi2. The molecule has 0 aliphatic carbocycles. The van der Waals surface area contributed by atoms with E-state index in [0.717, 1.165) is 12.1 Å². The summed E-state index contributed by atoms with van der Waals surface area (Å²) in [4.78, 5) is 30.0. The van der Waals surface area contributed by atoms with Crippen molar-refractivity contribution in [3.8, 4) is 0 Å². The van der Waals surface area contributed by atoms with Crippen molar-refractivity contribution in [2.75, 3.05) is 12.3 Å². The first-order chi connectivity index (χ1) is 6.68. The quantitative estimate of drug-likeness (QED) is 0.519. The van der Waals surface area contributed by atoms with Gasteiger partial charge in [-0.15, -0.1) is 0 Å². The molecule has 0 aromatic heterocycles. The van der Waals surface area contributed by atoms with E-state index in [9.17, 15) is 14.7 Å². The summed E-state index contributed by atoms with van der Waals surface area (Å²) in [7, 11) is -6.97. The van der Waals surface area contributed by atoms with Crippen molar-refractivity contribution in [1.29, 1.82) is 0 Å². The van der Waals surface area contributed by atoms with Crippen LogP contribution < -0.4 is 0 Å². The Kier molecular flexibility index (Phi) is 5.01. The Morgan fingerprint density at radius 1 is 0.688 bits per heavy atom. The number of rotatable bonds is 6. The third-order valence-electron chi connectivity index (χ3n) is 2.64. The van der Waals surface area contributed by atoms with Gasteiger partial charge in [-0.2, -0.15) is 0 Å². The SMILES string of the molecule is C[Si](C)(C)CCP(O)(O)(O)CC[Si](C)(C)C. The van der Waals surface area contributed by atoms with Gasteiger partial charge in [0.15, 0.2) is 0 Å². The first kappa shape index (κ1) is 16.7. The van der Waals surface area contributed by atoms with Crippen molar-refractivity contribution in [3.63, 3.8) is 0 Å². The van der Waals surface area contributed by atoms with Crippen LogP contribution in [0.1, 0.15) is 0 Å². The summed E-state index contributed by atoms with van der Waals surface area (Å²) >= 11 is 0. The first-order valence-electron chi connectivity index (χ1n) is 5.94. The molecule has 0 amide bonds. The summed E-state index contributed by atoms with van der Waals surface area (Å²) in [5.41, 5.74) is 0. The molecule has 0 bridgehead atoms. The Morgan fingerprint density at radius 3 is 1.12 bits per heavy atom. The van der Waals surface area contributed by atoms with Gasteiger partial charge in [0.05, 0.1) is 0 Å². The fourth-order valence-electron chi connectivity index (χ4n) is 1.24. The van der Waals surface area contributed by atoms with Crippen molar-refractivity contribution in [2.45, 2.75) is 51.4 Å². The molecule has 0 spiro atoms. The van der Waals surface area contributed by atoms with Crippen molar-refractivity contribution >= 4 is 23.4 Å². The van der Waals surface area contributed by atoms with Gasteiger partial charge in [0, 0.05) is 0 Å². The minimum absolute atomic E-state index is 0.200. The Bertz CT molecular complexity index is 213. The van der Waals surface area contributed by atoms with Gasteiger partial charge >= 0.3 is 102 Å². The molecule has 0 fully saturated rings.